The summed E-state index contributed by atoms with van der Waals surface area (Å²) >= 11 is 4.77. The van der Waals surface area contributed by atoms with Gasteiger partial charge in [-0.05, 0) is 31.0 Å². The Morgan fingerprint density at radius 3 is 2.67 bits per heavy atom. The summed E-state index contributed by atoms with van der Waals surface area (Å²) in [6, 6.07) is 0. The lowest BCUT2D eigenvalue weighted by Crippen LogP contribution is -2.33. The van der Waals surface area contributed by atoms with Crippen molar-refractivity contribution in [2.24, 2.45) is 11.7 Å². The molecular weight excluding hydrogens is 132 g/mol. The summed E-state index contributed by atoms with van der Waals surface area (Å²) in [5.74, 6) is 0.872. The first-order valence-corrected chi connectivity index (χ1v) is 3.61. The maximum atomic E-state index is 5.37. The summed E-state index contributed by atoms with van der Waals surface area (Å²) in [7, 11) is 1.95. The summed E-state index contributed by atoms with van der Waals surface area (Å²) in [6.45, 7) is 1.05. The van der Waals surface area contributed by atoms with Gasteiger partial charge in [-0.3, -0.25) is 0 Å². The van der Waals surface area contributed by atoms with Gasteiger partial charge in [-0.2, -0.15) is 0 Å². The molecule has 0 spiro atoms. The van der Waals surface area contributed by atoms with Crippen LogP contribution in [0, 0.1) is 5.92 Å². The zero-order valence-corrected chi connectivity index (χ0v) is 6.45. The fourth-order valence-corrected chi connectivity index (χ4v) is 0.852. The maximum absolute atomic E-state index is 5.37. The summed E-state index contributed by atoms with van der Waals surface area (Å²) in [5, 5.41) is 0.516. The lowest BCUT2D eigenvalue weighted by Gasteiger charge is -2.15. The molecule has 1 saturated carbocycles. The molecule has 0 radical (unpaired) electrons. The fourth-order valence-electron chi connectivity index (χ4n) is 0.778. The number of thiocarbonyl (C=S) groups is 1. The molecule has 1 aliphatic carbocycles. The molecule has 2 N–H and O–H groups in total. The van der Waals surface area contributed by atoms with Crippen LogP contribution < -0.4 is 5.73 Å². The lowest BCUT2D eigenvalue weighted by atomic mass is 10.4. The average molecular weight is 144 g/mol. The Kier molecular flexibility index (Phi) is 1.90. The Morgan fingerprint density at radius 2 is 2.33 bits per heavy atom. The molecule has 0 aromatic rings. The van der Waals surface area contributed by atoms with Gasteiger partial charge in [0.15, 0.2) is 5.11 Å². The van der Waals surface area contributed by atoms with Gasteiger partial charge in [-0.25, -0.2) is 0 Å². The molecule has 1 aliphatic rings. The number of nitrogens with two attached hydrogens (primary N) is 1. The number of hydrogen-bond acceptors (Lipinski definition) is 1. The lowest BCUT2D eigenvalue weighted by molar-refractivity contribution is 0.478. The number of hydrogen-bond donors (Lipinski definition) is 1. The SMILES string of the molecule is CN(CC1CC1)C(N)=S. The topological polar surface area (TPSA) is 29.3 Å². The number of rotatable bonds is 2. The van der Waals surface area contributed by atoms with Crippen molar-refractivity contribution in [1.29, 1.82) is 0 Å². The van der Waals surface area contributed by atoms with Crippen molar-refractivity contribution in [1.82, 2.24) is 4.90 Å². The molecule has 0 unspecified atom stereocenters. The van der Waals surface area contributed by atoms with Crippen molar-refractivity contribution >= 4 is 17.3 Å². The van der Waals surface area contributed by atoms with Crippen LogP contribution in [0.25, 0.3) is 0 Å². The summed E-state index contributed by atoms with van der Waals surface area (Å²) < 4.78 is 0. The van der Waals surface area contributed by atoms with E-state index in [1.807, 2.05) is 11.9 Å². The molecular formula is C6H12N2S. The van der Waals surface area contributed by atoms with Gasteiger partial charge in [0, 0.05) is 13.6 Å². The molecule has 0 amide bonds. The van der Waals surface area contributed by atoms with Crippen molar-refractivity contribution in [3.63, 3.8) is 0 Å². The first-order chi connectivity index (χ1) is 4.20. The van der Waals surface area contributed by atoms with Crippen LogP contribution in [0.3, 0.4) is 0 Å². The van der Waals surface area contributed by atoms with Crippen molar-refractivity contribution in [2.75, 3.05) is 13.6 Å². The minimum Gasteiger partial charge on any atom is -0.376 e. The normalized spacial score (nSPS) is 17.4. The van der Waals surface area contributed by atoms with Crippen LogP contribution >= 0.6 is 12.2 Å². The molecule has 0 aliphatic heterocycles. The Bertz CT molecular complexity index is 120. The Hall–Kier alpha value is -0.310. The quantitative estimate of drug-likeness (QED) is 0.575. The molecule has 1 rings (SSSR count). The third kappa shape index (κ3) is 2.18. The van der Waals surface area contributed by atoms with Crippen molar-refractivity contribution in [3.05, 3.63) is 0 Å². The molecule has 2 nitrogen and oxygen atoms in total. The minimum absolute atomic E-state index is 0.516. The monoisotopic (exact) mass is 144 g/mol. The number of nitrogens with zero attached hydrogens (tertiary/aromatic N) is 1. The first-order valence-electron chi connectivity index (χ1n) is 3.20. The molecule has 0 saturated heterocycles. The summed E-state index contributed by atoms with van der Waals surface area (Å²) in [6.07, 6.45) is 2.71. The molecule has 3 heteroatoms. The Morgan fingerprint density at radius 1 is 1.78 bits per heavy atom. The van der Waals surface area contributed by atoms with Gasteiger partial charge in [0.05, 0.1) is 0 Å². The fraction of sp³-hybridized carbons (Fsp3) is 0.833. The Balaban J connectivity index is 2.16. The van der Waals surface area contributed by atoms with E-state index in [0.717, 1.165) is 12.5 Å². The second-order valence-corrected chi connectivity index (χ2v) is 3.08. The smallest absolute Gasteiger partial charge is 0.166 e. The van der Waals surface area contributed by atoms with E-state index in [4.69, 9.17) is 18.0 Å². The van der Waals surface area contributed by atoms with Gasteiger partial charge in [0.1, 0.15) is 0 Å². The van der Waals surface area contributed by atoms with Gasteiger partial charge in [-0.1, -0.05) is 0 Å². The van der Waals surface area contributed by atoms with Crippen LogP contribution in [0.5, 0.6) is 0 Å². The Labute approximate surface area is 61.0 Å². The van der Waals surface area contributed by atoms with Gasteiger partial charge >= 0.3 is 0 Å². The molecule has 52 valence electrons. The van der Waals surface area contributed by atoms with Crippen LogP contribution in [0.1, 0.15) is 12.8 Å². The third-order valence-corrected chi connectivity index (χ3v) is 1.92. The molecule has 9 heavy (non-hydrogen) atoms. The van der Waals surface area contributed by atoms with Gasteiger partial charge < -0.3 is 10.6 Å². The standard InChI is InChI=1S/C6H12N2S/c1-8(6(7)9)4-5-2-3-5/h5H,2-4H2,1H3,(H2,7,9). The van der Waals surface area contributed by atoms with E-state index in [1.54, 1.807) is 0 Å². The van der Waals surface area contributed by atoms with E-state index in [1.165, 1.54) is 12.8 Å². The van der Waals surface area contributed by atoms with Gasteiger partial charge in [0.2, 0.25) is 0 Å². The average Bonchev–Trinajstić information content (AvgIpc) is 2.50. The molecule has 0 atom stereocenters. The van der Waals surface area contributed by atoms with E-state index >= 15 is 0 Å². The van der Waals surface area contributed by atoms with E-state index < -0.39 is 0 Å². The van der Waals surface area contributed by atoms with Crippen LogP contribution in [-0.4, -0.2) is 23.6 Å². The van der Waals surface area contributed by atoms with Crippen LogP contribution in [-0.2, 0) is 0 Å². The predicted octanol–water partition coefficient (Wildman–Crippen LogP) is 0.572. The van der Waals surface area contributed by atoms with Crippen molar-refractivity contribution < 1.29 is 0 Å². The van der Waals surface area contributed by atoms with Gasteiger partial charge in [-0.15, -0.1) is 0 Å². The molecule has 0 aromatic carbocycles. The van der Waals surface area contributed by atoms with E-state index in [2.05, 4.69) is 0 Å². The van der Waals surface area contributed by atoms with E-state index in [9.17, 15) is 0 Å². The molecule has 0 bridgehead atoms. The molecule has 1 fully saturated rings. The highest BCUT2D eigenvalue weighted by molar-refractivity contribution is 7.80. The van der Waals surface area contributed by atoms with Crippen LogP contribution in [0.4, 0.5) is 0 Å². The van der Waals surface area contributed by atoms with E-state index in [0.29, 0.717) is 5.11 Å². The molecule has 0 heterocycles. The van der Waals surface area contributed by atoms with Crippen LogP contribution in [0.2, 0.25) is 0 Å². The van der Waals surface area contributed by atoms with Gasteiger partial charge in [0.25, 0.3) is 0 Å². The molecule has 0 aromatic heterocycles. The van der Waals surface area contributed by atoms with Crippen molar-refractivity contribution in [2.45, 2.75) is 12.8 Å². The largest absolute Gasteiger partial charge is 0.376 e. The highest BCUT2D eigenvalue weighted by atomic mass is 32.1. The van der Waals surface area contributed by atoms with Crippen LogP contribution in [0.15, 0.2) is 0 Å². The zero-order valence-electron chi connectivity index (χ0n) is 5.63. The van der Waals surface area contributed by atoms with E-state index in [-0.39, 0.29) is 0 Å². The van der Waals surface area contributed by atoms with Crippen molar-refractivity contribution in [3.8, 4) is 0 Å². The summed E-state index contributed by atoms with van der Waals surface area (Å²) in [4.78, 5) is 1.94. The maximum Gasteiger partial charge on any atom is 0.166 e. The first kappa shape index (κ1) is 6.81. The summed E-state index contributed by atoms with van der Waals surface area (Å²) in [5.41, 5.74) is 5.37. The minimum atomic E-state index is 0.516. The second-order valence-electron chi connectivity index (χ2n) is 2.66. The third-order valence-electron chi connectivity index (χ3n) is 1.61. The second kappa shape index (κ2) is 2.52. The highest BCUT2D eigenvalue weighted by Crippen LogP contribution is 2.29. The highest BCUT2D eigenvalue weighted by Gasteiger charge is 2.22. The zero-order chi connectivity index (χ0) is 6.85. The predicted molar refractivity (Wildman–Crippen MR) is 42.1 cm³/mol.